The average molecular weight is 250 g/mol. The molecule has 0 aliphatic heterocycles. The highest BCUT2D eigenvalue weighted by Gasteiger charge is 2.12. The first kappa shape index (κ1) is 10.1. The van der Waals surface area contributed by atoms with Gasteiger partial charge in [0.2, 0.25) is 0 Å². The molecular formula is C14H10N4O. The second kappa shape index (κ2) is 3.58. The Bertz CT molecular complexity index is 891. The summed E-state index contributed by atoms with van der Waals surface area (Å²) in [5.74, 6) is 0. The summed E-state index contributed by atoms with van der Waals surface area (Å²) in [6.07, 6.45) is 1.79. The molecule has 0 saturated heterocycles. The average Bonchev–Trinajstić information content (AvgIpc) is 3.02. The van der Waals surface area contributed by atoms with Gasteiger partial charge in [0.1, 0.15) is 5.52 Å². The first-order valence-corrected chi connectivity index (χ1v) is 5.91. The molecule has 19 heavy (non-hydrogen) atoms. The molecule has 92 valence electrons. The number of oxazole rings is 1. The number of anilines is 1. The zero-order valence-electron chi connectivity index (χ0n) is 9.95. The van der Waals surface area contributed by atoms with Crippen LogP contribution in [-0.4, -0.2) is 14.8 Å². The van der Waals surface area contributed by atoms with Crippen molar-refractivity contribution < 1.29 is 4.42 Å². The Morgan fingerprint density at radius 2 is 1.95 bits per heavy atom. The van der Waals surface area contributed by atoms with Crippen LogP contribution < -0.4 is 5.73 Å². The summed E-state index contributed by atoms with van der Waals surface area (Å²) in [5, 5.41) is 5.35. The lowest BCUT2D eigenvalue weighted by molar-refractivity contribution is 0.549. The van der Waals surface area contributed by atoms with Crippen molar-refractivity contribution in [1.29, 1.82) is 0 Å². The number of hydrogen-bond acceptors (Lipinski definition) is 4. The quantitative estimate of drug-likeness (QED) is 0.527. The fourth-order valence-electron chi connectivity index (χ4n) is 2.17. The van der Waals surface area contributed by atoms with Gasteiger partial charge in [-0.3, -0.25) is 0 Å². The molecule has 5 heteroatoms. The molecule has 2 aromatic heterocycles. The Morgan fingerprint density at radius 3 is 2.84 bits per heavy atom. The monoisotopic (exact) mass is 250 g/mol. The second-order valence-electron chi connectivity index (χ2n) is 4.31. The molecule has 0 radical (unpaired) electrons. The fraction of sp³-hybridized carbons (Fsp3) is 0. The van der Waals surface area contributed by atoms with Gasteiger partial charge >= 0.3 is 6.01 Å². The maximum Gasteiger partial charge on any atom is 0.324 e. The minimum atomic E-state index is 0.425. The number of benzene rings is 2. The molecule has 0 aliphatic carbocycles. The molecule has 0 unspecified atom stereocenters. The predicted molar refractivity (Wildman–Crippen MR) is 73.0 cm³/mol. The lowest BCUT2D eigenvalue weighted by atomic mass is 10.3. The van der Waals surface area contributed by atoms with Gasteiger partial charge < -0.3 is 10.2 Å². The number of para-hydroxylation sites is 2. The van der Waals surface area contributed by atoms with E-state index in [1.807, 2.05) is 36.4 Å². The van der Waals surface area contributed by atoms with Crippen LogP contribution in [0.15, 0.2) is 53.1 Å². The summed E-state index contributed by atoms with van der Waals surface area (Å²) in [7, 11) is 0. The third-order valence-electron chi connectivity index (χ3n) is 3.10. The van der Waals surface area contributed by atoms with E-state index in [0.29, 0.717) is 22.8 Å². The number of nitrogens with two attached hydrogens (primary N) is 1. The molecule has 0 spiro atoms. The summed E-state index contributed by atoms with van der Waals surface area (Å²) in [6.45, 7) is 0. The molecule has 0 bridgehead atoms. The fourth-order valence-corrected chi connectivity index (χ4v) is 2.17. The van der Waals surface area contributed by atoms with E-state index in [1.54, 1.807) is 16.9 Å². The maximum absolute atomic E-state index is 5.88. The van der Waals surface area contributed by atoms with Crippen LogP contribution in [0.4, 0.5) is 5.69 Å². The highest BCUT2D eigenvalue weighted by Crippen LogP contribution is 2.24. The van der Waals surface area contributed by atoms with Gasteiger partial charge in [-0.1, -0.05) is 24.3 Å². The maximum atomic E-state index is 5.88. The molecule has 2 heterocycles. The lowest BCUT2D eigenvalue weighted by Gasteiger charge is -1.95. The van der Waals surface area contributed by atoms with Crippen LogP contribution in [-0.2, 0) is 0 Å². The summed E-state index contributed by atoms with van der Waals surface area (Å²) in [4.78, 5) is 4.41. The van der Waals surface area contributed by atoms with Crippen LogP contribution in [0.25, 0.3) is 28.0 Å². The highest BCUT2D eigenvalue weighted by atomic mass is 16.4. The largest absolute Gasteiger partial charge is 0.422 e. The molecule has 0 saturated carbocycles. The lowest BCUT2D eigenvalue weighted by Crippen LogP contribution is -1.95. The molecule has 0 fully saturated rings. The van der Waals surface area contributed by atoms with Crippen molar-refractivity contribution in [3.05, 3.63) is 48.7 Å². The van der Waals surface area contributed by atoms with Crippen molar-refractivity contribution in [3.8, 4) is 6.01 Å². The molecule has 0 amide bonds. The van der Waals surface area contributed by atoms with Gasteiger partial charge in [-0.2, -0.15) is 14.8 Å². The van der Waals surface area contributed by atoms with Crippen molar-refractivity contribution in [3.63, 3.8) is 0 Å². The normalized spacial score (nSPS) is 11.4. The number of nitrogen functional groups attached to an aromatic ring is 1. The van der Waals surface area contributed by atoms with Crippen LogP contribution in [0, 0.1) is 0 Å². The van der Waals surface area contributed by atoms with E-state index in [1.165, 1.54) is 0 Å². The van der Waals surface area contributed by atoms with E-state index >= 15 is 0 Å². The predicted octanol–water partition coefficient (Wildman–Crippen LogP) is 2.75. The zero-order valence-corrected chi connectivity index (χ0v) is 9.95. The second-order valence-corrected chi connectivity index (χ2v) is 4.31. The Kier molecular flexibility index (Phi) is 1.91. The summed E-state index contributed by atoms with van der Waals surface area (Å²) < 4.78 is 7.39. The molecule has 5 nitrogen and oxygen atoms in total. The SMILES string of the molecule is Nc1cccc2oc(-n3ncc4ccccc43)nc12. The summed E-state index contributed by atoms with van der Waals surface area (Å²) in [6, 6.07) is 13.8. The van der Waals surface area contributed by atoms with Crippen LogP contribution in [0.2, 0.25) is 0 Å². The summed E-state index contributed by atoms with van der Waals surface area (Å²) >= 11 is 0. The Hall–Kier alpha value is -2.82. The van der Waals surface area contributed by atoms with Crippen LogP contribution in [0.5, 0.6) is 0 Å². The minimum absolute atomic E-state index is 0.425. The smallest absolute Gasteiger partial charge is 0.324 e. The van der Waals surface area contributed by atoms with E-state index in [-0.39, 0.29) is 0 Å². The number of aromatic nitrogens is 3. The number of nitrogens with zero attached hydrogens (tertiary/aromatic N) is 3. The van der Waals surface area contributed by atoms with Crippen molar-refractivity contribution >= 4 is 27.7 Å². The van der Waals surface area contributed by atoms with E-state index in [9.17, 15) is 0 Å². The topological polar surface area (TPSA) is 69.9 Å². The molecule has 0 aliphatic rings. The van der Waals surface area contributed by atoms with Gasteiger partial charge in [-0.05, 0) is 18.2 Å². The first-order chi connectivity index (χ1) is 9.33. The van der Waals surface area contributed by atoms with Gasteiger partial charge in [0.15, 0.2) is 5.58 Å². The zero-order chi connectivity index (χ0) is 12.8. The van der Waals surface area contributed by atoms with E-state index in [0.717, 1.165) is 10.9 Å². The Labute approximate surface area is 108 Å². The van der Waals surface area contributed by atoms with Crippen LogP contribution in [0.1, 0.15) is 0 Å². The van der Waals surface area contributed by atoms with E-state index < -0.39 is 0 Å². The van der Waals surface area contributed by atoms with Crippen LogP contribution >= 0.6 is 0 Å². The van der Waals surface area contributed by atoms with Crippen molar-refractivity contribution in [1.82, 2.24) is 14.8 Å². The van der Waals surface area contributed by atoms with Gasteiger partial charge in [-0.25, -0.2) is 0 Å². The Balaban J connectivity index is 2.02. The number of hydrogen-bond donors (Lipinski definition) is 1. The summed E-state index contributed by atoms with van der Waals surface area (Å²) in [5.41, 5.74) is 8.76. The van der Waals surface area contributed by atoms with E-state index in [2.05, 4.69) is 10.1 Å². The third-order valence-corrected chi connectivity index (χ3v) is 3.10. The number of rotatable bonds is 1. The molecular weight excluding hydrogens is 240 g/mol. The van der Waals surface area contributed by atoms with Crippen LogP contribution in [0.3, 0.4) is 0 Å². The molecule has 2 aromatic carbocycles. The number of fused-ring (bicyclic) bond motifs is 2. The highest BCUT2D eigenvalue weighted by molar-refractivity contribution is 5.86. The van der Waals surface area contributed by atoms with Crippen molar-refractivity contribution in [2.75, 3.05) is 5.73 Å². The van der Waals surface area contributed by atoms with Crippen molar-refractivity contribution in [2.24, 2.45) is 0 Å². The molecule has 2 N–H and O–H groups in total. The molecule has 4 rings (SSSR count). The Morgan fingerprint density at radius 1 is 1.05 bits per heavy atom. The van der Waals surface area contributed by atoms with Gasteiger partial charge in [0.25, 0.3) is 0 Å². The van der Waals surface area contributed by atoms with Gasteiger partial charge in [0.05, 0.1) is 17.4 Å². The minimum Gasteiger partial charge on any atom is -0.422 e. The molecule has 0 atom stereocenters. The first-order valence-electron chi connectivity index (χ1n) is 5.91. The van der Waals surface area contributed by atoms with E-state index in [4.69, 9.17) is 10.2 Å². The third kappa shape index (κ3) is 1.41. The van der Waals surface area contributed by atoms with Gasteiger partial charge in [-0.15, -0.1) is 0 Å². The van der Waals surface area contributed by atoms with Crippen molar-refractivity contribution in [2.45, 2.75) is 0 Å². The molecule has 4 aromatic rings. The van der Waals surface area contributed by atoms with Gasteiger partial charge in [0, 0.05) is 5.39 Å². The standard InChI is InChI=1S/C14H10N4O/c15-10-5-3-7-12-13(10)17-14(19-12)18-11-6-2-1-4-9(11)8-16-18/h1-8H,15H2.